The van der Waals surface area contributed by atoms with Crippen molar-refractivity contribution in [2.24, 2.45) is 0 Å². The lowest BCUT2D eigenvalue weighted by atomic mass is 9.92. The van der Waals surface area contributed by atoms with E-state index in [4.69, 9.17) is 14.4 Å². The Morgan fingerprint density at radius 2 is 1.00 bits per heavy atom. The van der Waals surface area contributed by atoms with Crippen molar-refractivity contribution in [3.05, 3.63) is 188 Å². The Hall–Kier alpha value is -7.21. The Bertz CT molecular complexity index is 3220. The molecule has 0 saturated heterocycles. The topological polar surface area (TPSA) is 51.8 Å². The van der Waals surface area contributed by atoms with Gasteiger partial charge in [-0.3, -0.25) is 4.98 Å². The van der Waals surface area contributed by atoms with Crippen LogP contribution >= 0.6 is 11.3 Å². The molecule has 4 heterocycles. The number of hydrogen-bond acceptors (Lipinski definition) is 5. The van der Waals surface area contributed by atoms with Crippen molar-refractivity contribution >= 4 is 53.4 Å². The summed E-state index contributed by atoms with van der Waals surface area (Å²) in [7, 11) is 0. The maximum atomic E-state index is 6.74. The van der Waals surface area contributed by atoms with E-state index in [1.54, 1.807) is 0 Å². The van der Waals surface area contributed by atoms with Crippen LogP contribution in [0.1, 0.15) is 0 Å². The zero-order chi connectivity index (χ0) is 37.0. The van der Waals surface area contributed by atoms with Crippen LogP contribution in [0.4, 0.5) is 0 Å². The van der Waals surface area contributed by atoms with Gasteiger partial charge in [0, 0.05) is 65.0 Å². The maximum absolute atomic E-state index is 6.74. The van der Waals surface area contributed by atoms with E-state index in [0.717, 1.165) is 72.4 Å². The minimum absolute atomic E-state index is 0.669. The van der Waals surface area contributed by atoms with Crippen molar-refractivity contribution < 1.29 is 4.42 Å². The minimum Gasteiger partial charge on any atom is -0.455 e. The highest BCUT2D eigenvalue weighted by atomic mass is 32.1. The van der Waals surface area contributed by atoms with Crippen LogP contribution in [0.3, 0.4) is 0 Å². The van der Waals surface area contributed by atoms with E-state index in [9.17, 15) is 0 Å². The standard InChI is InChI=1S/C51H31N3OS/c1-2-11-33(12-3-1)43-31-44(35-24-22-34(23-25-35)42-16-8-9-30-52-42)54-51(53-43)36-26-20-32(21-27-36)37-28-29-39(49-40-13-4-6-17-45(40)55-50(37)49)38-15-10-19-47-48(38)41-14-5-7-18-46(41)56-47/h1-31H. The van der Waals surface area contributed by atoms with Gasteiger partial charge in [0.1, 0.15) is 11.2 Å². The lowest BCUT2D eigenvalue weighted by Gasteiger charge is -2.12. The molecule has 0 bridgehead atoms. The summed E-state index contributed by atoms with van der Waals surface area (Å²) in [4.78, 5) is 14.7. The summed E-state index contributed by atoms with van der Waals surface area (Å²) in [6, 6.07) is 63.5. The van der Waals surface area contributed by atoms with E-state index in [1.165, 1.54) is 31.3 Å². The van der Waals surface area contributed by atoms with Gasteiger partial charge in [-0.05, 0) is 59.2 Å². The van der Waals surface area contributed by atoms with Gasteiger partial charge >= 0.3 is 0 Å². The summed E-state index contributed by atoms with van der Waals surface area (Å²) in [5, 5.41) is 4.81. The first-order chi connectivity index (χ1) is 27.7. The van der Waals surface area contributed by atoms with Crippen LogP contribution in [0.15, 0.2) is 193 Å². The number of thiophene rings is 1. The number of rotatable bonds is 6. The lowest BCUT2D eigenvalue weighted by molar-refractivity contribution is 0.670. The van der Waals surface area contributed by atoms with Gasteiger partial charge in [0.25, 0.3) is 0 Å². The van der Waals surface area contributed by atoms with E-state index in [-0.39, 0.29) is 0 Å². The second-order valence-electron chi connectivity index (χ2n) is 13.9. The Kier molecular flexibility index (Phi) is 7.64. The van der Waals surface area contributed by atoms with Gasteiger partial charge in [-0.15, -0.1) is 11.3 Å². The van der Waals surface area contributed by atoms with Crippen LogP contribution in [0.2, 0.25) is 0 Å². The Labute approximate surface area is 327 Å². The summed E-state index contributed by atoms with van der Waals surface area (Å²) in [5.74, 6) is 0.669. The number of pyridine rings is 1. The Balaban J connectivity index is 1.02. The van der Waals surface area contributed by atoms with Crippen LogP contribution in [0.5, 0.6) is 0 Å². The quantitative estimate of drug-likeness (QED) is 0.171. The molecule has 4 nitrogen and oxygen atoms in total. The molecule has 0 fully saturated rings. The molecule has 0 spiro atoms. The SMILES string of the molecule is c1ccc(-c2cc(-c3ccc(-c4ccccn4)cc3)nc(-c3ccc(-c4ccc(-c5cccc6sc7ccccc7c56)c5c4oc4ccccc45)cc3)n2)cc1. The van der Waals surface area contributed by atoms with E-state index >= 15 is 0 Å². The molecule has 7 aromatic carbocycles. The molecule has 4 aromatic heterocycles. The van der Waals surface area contributed by atoms with Crippen molar-refractivity contribution in [2.75, 3.05) is 0 Å². The third kappa shape index (κ3) is 5.48. The highest BCUT2D eigenvalue weighted by Gasteiger charge is 2.20. The van der Waals surface area contributed by atoms with Crippen LogP contribution in [0, 0.1) is 0 Å². The van der Waals surface area contributed by atoms with Gasteiger partial charge < -0.3 is 4.42 Å². The number of para-hydroxylation sites is 1. The predicted molar refractivity (Wildman–Crippen MR) is 233 cm³/mol. The van der Waals surface area contributed by atoms with Gasteiger partial charge in [0.15, 0.2) is 5.82 Å². The fraction of sp³-hybridized carbons (Fsp3) is 0. The van der Waals surface area contributed by atoms with Crippen LogP contribution in [0.25, 0.3) is 110 Å². The number of furan rings is 1. The molecule has 0 amide bonds. The summed E-state index contributed by atoms with van der Waals surface area (Å²) in [6.45, 7) is 0. The Morgan fingerprint density at radius 3 is 1.79 bits per heavy atom. The van der Waals surface area contributed by atoms with E-state index in [0.29, 0.717) is 5.82 Å². The van der Waals surface area contributed by atoms with E-state index in [2.05, 4.69) is 145 Å². The summed E-state index contributed by atoms with van der Waals surface area (Å²) >= 11 is 1.84. The monoisotopic (exact) mass is 733 g/mol. The normalized spacial score (nSPS) is 11.6. The molecule has 56 heavy (non-hydrogen) atoms. The maximum Gasteiger partial charge on any atom is 0.160 e. The largest absolute Gasteiger partial charge is 0.455 e. The molecule has 11 rings (SSSR count). The third-order valence-electron chi connectivity index (χ3n) is 10.6. The molecule has 0 saturated carbocycles. The molecule has 0 aliphatic rings. The molecular weight excluding hydrogens is 703 g/mol. The minimum atomic E-state index is 0.669. The van der Waals surface area contributed by atoms with Gasteiger partial charge in [-0.25, -0.2) is 9.97 Å². The number of benzene rings is 7. The zero-order valence-corrected chi connectivity index (χ0v) is 30.9. The number of nitrogens with zero attached hydrogens (tertiary/aromatic N) is 3. The summed E-state index contributed by atoms with van der Waals surface area (Å²) < 4.78 is 9.32. The van der Waals surface area contributed by atoms with Crippen LogP contribution in [-0.4, -0.2) is 15.0 Å². The van der Waals surface area contributed by atoms with Crippen molar-refractivity contribution in [2.45, 2.75) is 0 Å². The Morgan fingerprint density at radius 1 is 0.393 bits per heavy atom. The highest BCUT2D eigenvalue weighted by molar-refractivity contribution is 7.25. The fourth-order valence-corrected chi connectivity index (χ4v) is 9.04. The third-order valence-corrected chi connectivity index (χ3v) is 11.7. The first-order valence-electron chi connectivity index (χ1n) is 18.7. The fourth-order valence-electron chi connectivity index (χ4n) is 7.90. The number of aromatic nitrogens is 3. The number of fused-ring (bicyclic) bond motifs is 6. The van der Waals surface area contributed by atoms with Crippen molar-refractivity contribution in [1.82, 2.24) is 15.0 Å². The lowest BCUT2D eigenvalue weighted by Crippen LogP contribution is -1.96. The van der Waals surface area contributed by atoms with Gasteiger partial charge in [0.2, 0.25) is 0 Å². The average Bonchev–Trinajstić information content (AvgIpc) is 3.86. The molecule has 0 atom stereocenters. The molecule has 262 valence electrons. The van der Waals surface area contributed by atoms with E-state index in [1.807, 2.05) is 60.0 Å². The molecule has 0 aliphatic heterocycles. The molecule has 0 radical (unpaired) electrons. The van der Waals surface area contributed by atoms with Gasteiger partial charge in [0.05, 0.1) is 17.1 Å². The first-order valence-corrected chi connectivity index (χ1v) is 19.5. The van der Waals surface area contributed by atoms with Crippen molar-refractivity contribution in [3.8, 4) is 67.4 Å². The van der Waals surface area contributed by atoms with Crippen LogP contribution in [-0.2, 0) is 0 Å². The zero-order valence-electron chi connectivity index (χ0n) is 30.1. The summed E-state index contributed by atoms with van der Waals surface area (Å²) in [6.07, 6.45) is 1.82. The van der Waals surface area contributed by atoms with Gasteiger partial charge in [-0.1, -0.05) is 140 Å². The highest BCUT2D eigenvalue weighted by Crippen LogP contribution is 2.46. The second-order valence-corrected chi connectivity index (χ2v) is 15.0. The smallest absolute Gasteiger partial charge is 0.160 e. The molecule has 0 unspecified atom stereocenters. The second kappa shape index (κ2) is 13.3. The van der Waals surface area contributed by atoms with Crippen molar-refractivity contribution in [3.63, 3.8) is 0 Å². The average molecular weight is 734 g/mol. The predicted octanol–water partition coefficient (Wildman–Crippen LogP) is 14.1. The molecule has 0 N–H and O–H groups in total. The van der Waals surface area contributed by atoms with Crippen LogP contribution < -0.4 is 0 Å². The number of hydrogen-bond donors (Lipinski definition) is 0. The molecule has 11 aromatic rings. The van der Waals surface area contributed by atoms with Crippen molar-refractivity contribution in [1.29, 1.82) is 0 Å². The first kappa shape index (κ1) is 32.2. The van der Waals surface area contributed by atoms with Gasteiger partial charge in [-0.2, -0.15) is 0 Å². The van der Waals surface area contributed by atoms with E-state index < -0.39 is 0 Å². The summed E-state index contributed by atoms with van der Waals surface area (Å²) in [5.41, 5.74) is 13.0. The molecule has 0 aliphatic carbocycles. The molecular formula is C51H31N3OS. The molecule has 5 heteroatoms.